The Morgan fingerprint density at radius 3 is 1.52 bits per heavy atom. The molecule has 0 saturated heterocycles. The third-order valence-electron chi connectivity index (χ3n) is 18.3. The normalized spacial score (nSPS) is 13.9. The zero-order chi connectivity index (χ0) is 54.9. The summed E-state index contributed by atoms with van der Waals surface area (Å²) in [5.74, 6) is 0.596. The van der Waals surface area contributed by atoms with Crippen molar-refractivity contribution in [3.8, 4) is 44.5 Å². The van der Waals surface area contributed by atoms with Gasteiger partial charge in [0.25, 0.3) is 0 Å². The summed E-state index contributed by atoms with van der Waals surface area (Å²) in [5.41, 5.74) is 21.3. The summed E-state index contributed by atoms with van der Waals surface area (Å²) in [6, 6.07) is 101. The second-order valence-corrected chi connectivity index (χ2v) is 25.5. The van der Waals surface area contributed by atoms with Crippen molar-refractivity contribution in [3.05, 3.63) is 311 Å². The van der Waals surface area contributed by atoms with Gasteiger partial charge < -0.3 is 0 Å². The third kappa shape index (κ3) is 8.79. The van der Waals surface area contributed by atoms with Gasteiger partial charge in [-0.05, 0) is 149 Å². The molecule has 2 aromatic heterocycles. The topological polar surface area (TPSA) is 0 Å². The molecule has 0 amide bonds. The van der Waals surface area contributed by atoms with E-state index in [1.165, 1.54) is 140 Å². The van der Waals surface area contributed by atoms with Crippen molar-refractivity contribution in [2.75, 3.05) is 0 Å². The average Bonchev–Trinajstić information content (AvgIpc) is 3.85. The van der Waals surface area contributed by atoms with Crippen LogP contribution in [0, 0.1) is 0 Å². The lowest BCUT2D eigenvalue weighted by atomic mass is 9.76. The molecule has 0 bridgehead atoms. The van der Waals surface area contributed by atoms with Crippen molar-refractivity contribution in [2.24, 2.45) is 0 Å². The van der Waals surface area contributed by atoms with Crippen LogP contribution in [-0.4, -0.2) is 0 Å². The van der Waals surface area contributed by atoms with Crippen LogP contribution in [0.3, 0.4) is 0 Å². The van der Waals surface area contributed by atoms with E-state index in [1.807, 2.05) is 22.7 Å². The van der Waals surface area contributed by atoms with E-state index in [0.29, 0.717) is 0 Å². The fourth-order valence-corrected chi connectivity index (χ4v) is 16.6. The Morgan fingerprint density at radius 2 is 0.890 bits per heavy atom. The van der Waals surface area contributed by atoms with Crippen LogP contribution in [0.2, 0.25) is 0 Å². The molecule has 0 spiro atoms. The first-order valence-corrected chi connectivity index (χ1v) is 30.9. The maximum atomic E-state index is 2.62. The molecule has 2 unspecified atom stereocenters. The highest BCUT2D eigenvalue weighted by Crippen LogP contribution is 2.54. The molecule has 0 fully saturated rings. The lowest BCUT2D eigenvalue weighted by Gasteiger charge is -2.28. The van der Waals surface area contributed by atoms with E-state index in [1.54, 1.807) is 0 Å². The number of fused-ring (bicyclic) bond motifs is 11. The van der Waals surface area contributed by atoms with Gasteiger partial charge in [-0.25, -0.2) is 0 Å². The maximum absolute atomic E-state index is 2.62. The van der Waals surface area contributed by atoms with Gasteiger partial charge in [-0.3, -0.25) is 0 Å². The first-order chi connectivity index (χ1) is 40.3. The van der Waals surface area contributed by atoms with E-state index >= 15 is 0 Å². The van der Waals surface area contributed by atoms with E-state index in [-0.39, 0.29) is 23.2 Å². The fourth-order valence-electron chi connectivity index (χ4n) is 14.1. The highest BCUT2D eigenvalue weighted by atomic mass is 32.1. The number of aryl methyl sites for hydroxylation is 1. The summed E-state index contributed by atoms with van der Waals surface area (Å²) < 4.78 is 5.50. The molecule has 0 radical (unpaired) electrons. The van der Waals surface area contributed by atoms with Crippen LogP contribution in [-0.2, 0) is 18.3 Å². The fraction of sp³-hybridized carbons (Fsp3) is 0.125. The lowest BCUT2D eigenvalue weighted by molar-refractivity contribution is 0.574. The van der Waals surface area contributed by atoms with E-state index in [2.05, 4.69) is 288 Å². The Bertz CT molecular complexity index is 4650. The molecule has 0 nitrogen and oxygen atoms in total. The predicted molar refractivity (Wildman–Crippen MR) is 354 cm³/mol. The number of rotatable bonds is 13. The van der Waals surface area contributed by atoms with Crippen LogP contribution < -0.4 is 0 Å². The summed E-state index contributed by atoms with van der Waals surface area (Å²) >= 11 is 3.91. The van der Waals surface area contributed by atoms with Crippen LogP contribution in [0.4, 0.5) is 0 Å². The highest BCUT2D eigenvalue weighted by Gasteiger charge is 2.38. The van der Waals surface area contributed by atoms with Gasteiger partial charge in [-0.1, -0.05) is 269 Å². The summed E-state index contributed by atoms with van der Waals surface area (Å²) in [6.45, 7) is 7.48. The largest absolute Gasteiger partial charge is 0.135 e. The second kappa shape index (κ2) is 20.7. The second-order valence-electron chi connectivity index (χ2n) is 23.4. The molecule has 394 valence electrons. The van der Waals surface area contributed by atoms with Crippen LogP contribution in [0.15, 0.2) is 267 Å². The molecule has 12 aromatic carbocycles. The summed E-state index contributed by atoms with van der Waals surface area (Å²) in [6.07, 6.45) is 2.84. The molecular weight excluding hydrogens is 1030 g/mol. The quantitative estimate of drug-likeness (QED) is 0.108. The van der Waals surface area contributed by atoms with E-state index in [0.717, 1.165) is 19.3 Å². The molecule has 0 N–H and O–H groups in total. The third-order valence-corrected chi connectivity index (χ3v) is 20.8. The van der Waals surface area contributed by atoms with Crippen LogP contribution in [0.5, 0.6) is 0 Å². The Hall–Kier alpha value is -8.66. The number of thiophene rings is 2. The molecular formula is C80H62S2. The zero-order valence-electron chi connectivity index (χ0n) is 46.6. The van der Waals surface area contributed by atoms with Crippen LogP contribution in [0.1, 0.15) is 89.5 Å². The van der Waals surface area contributed by atoms with Crippen molar-refractivity contribution in [3.63, 3.8) is 0 Å². The zero-order valence-corrected chi connectivity index (χ0v) is 48.2. The Labute approximate surface area is 489 Å². The van der Waals surface area contributed by atoms with Crippen LogP contribution in [0.25, 0.3) is 95.6 Å². The molecule has 0 aliphatic heterocycles. The average molecular weight is 1090 g/mol. The molecule has 14 aromatic rings. The number of benzene rings is 12. The highest BCUT2D eigenvalue weighted by molar-refractivity contribution is 7.26. The minimum atomic E-state index is -0.221. The van der Waals surface area contributed by atoms with Crippen molar-refractivity contribution >= 4 is 73.8 Å². The molecule has 15 rings (SSSR count). The van der Waals surface area contributed by atoms with Crippen LogP contribution >= 0.6 is 22.7 Å². The Balaban J connectivity index is 0.826. The Kier molecular flexibility index (Phi) is 12.7. The predicted octanol–water partition coefficient (Wildman–Crippen LogP) is 22.8. The van der Waals surface area contributed by atoms with Crippen molar-refractivity contribution in [1.82, 2.24) is 0 Å². The van der Waals surface area contributed by atoms with Gasteiger partial charge in [-0.15, -0.1) is 22.7 Å². The molecule has 0 saturated carbocycles. The SMILES string of the molecule is C[C@@H](c1ccc2c(c1)C(C)(C)c1cc(CCC(c3cccc(-c4ccccc4)c3)c3cccc4c3sc3ccccc34)c3ccccc3c1-2)C(Cc1cc(-c2ccccc2)cc(-c2ccccc2)c1)c1cccc2c1sc1ccccc12. The van der Waals surface area contributed by atoms with E-state index < -0.39 is 0 Å². The summed E-state index contributed by atoms with van der Waals surface area (Å²) in [5, 5.41) is 8.13. The number of hydrogen-bond acceptors (Lipinski definition) is 2. The molecule has 2 heteroatoms. The maximum Gasteiger partial charge on any atom is 0.0393 e. The molecule has 1 aliphatic rings. The van der Waals surface area contributed by atoms with Crippen molar-refractivity contribution < 1.29 is 0 Å². The van der Waals surface area contributed by atoms with Gasteiger partial charge in [0, 0.05) is 51.7 Å². The Morgan fingerprint density at radius 1 is 0.378 bits per heavy atom. The van der Waals surface area contributed by atoms with Crippen molar-refractivity contribution in [1.29, 1.82) is 0 Å². The standard InChI is InChI=1S/C80H62S2/c1-51(72(70-37-21-36-69-65-32-16-18-39-76(65)82-79(69)70)46-52-44-60(54-24-9-5-10-25-54)48-61(45-52)55-26-11-6-12-27-55)56-40-43-71-73(49-56)80(2,3)74-50-59(62-30-13-14-33-66(62)77(71)74)41-42-63(58-29-19-28-57(47-58)53-22-7-4-8-23-53)67-34-20-35-68-64-31-15-17-38-75(64)81-78(67)68/h4-40,43-45,47-51,63,72H,41-42,46H2,1-3H3/t51-,63?,72?/m0/s1. The van der Waals surface area contributed by atoms with E-state index in [4.69, 9.17) is 0 Å². The first kappa shape index (κ1) is 50.3. The summed E-state index contributed by atoms with van der Waals surface area (Å²) in [7, 11) is 0. The van der Waals surface area contributed by atoms with Gasteiger partial charge in [0.2, 0.25) is 0 Å². The minimum absolute atomic E-state index is 0.193. The summed E-state index contributed by atoms with van der Waals surface area (Å²) in [4.78, 5) is 0. The molecule has 2 heterocycles. The minimum Gasteiger partial charge on any atom is -0.135 e. The van der Waals surface area contributed by atoms with Gasteiger partial charge in [-0.2, -0.15) is 0 Å². The molecule has 1 aliphatic carbocycles. The van der Waals surface area contributed by atoms with Crippen molar-refractivity contribution in [2.45, 2.75) is 63.2 Å². The van der Waals surface area contributed by atoms with Gasteiger partial charge >= 0.3 is 0 Å². The lowest BCUT2D eigenvalue weighted by Crippen LogP contribution is -2.17. The number of hydrogen-bond donors (Lipinski definition) is 0. The smallest absolute Gasteiger partial charge is 0.0393 e. The molecule has 3 atom stereocenters. The van der Waals surface area contributed by atoms with Gasteiger partial charge in [0.15, 0.2) is 0 Å². The molecule has 82 heavy (non-hydrogen) atoms. The van der Waals surface area contributed by atoms with Gasteiger partial charge in [0.05, 0.1) is 0 Å². The van der Waals surface area contributed by atoms with Gasteiger partial charge in [0.1, 0.15) is 0 Å². The first-order valence-electron chi connectivity index (χ1n) is 29.2. The van der Waals surface area contributed by atoms with E-state index in [9.17, 15) is 0 Å². The monoisotopic (exact) mass is 1090 g/mol.